The first-order valence-electron chi connectivity index (χ1n) is 13.5. The maximum absolute atomic E-state index is 14.2. The fourth-order valence-electron chi connectivity index (χ4n) is 4.37. The molecule has 1 aromatic rings. The molecule has 212 valence electrons. The van der Waals surface area contributed by atoms with Crippen LogP contribution < -0.4 is 10.6 Å². The highest BCUT2D eigenvalue weighted by Gasteiger charge is 2.49. The molecule has 3 amide bonds. The number of esters is 1. The van der Waals surface area contributed by atoms with Crippen LogP contribution in [0.5, 0.6) is 0 Å². The van der Waals surface area contributed by atoms with E-state index < -0.39 is 29.7 Å². The van der Waals surface area contributed by atoms with Crippen molar-refractivity contribution in [1.29, 1.82) is 0 Å². The summed E-state index contributed by atoms with van der Waals surface area (Å²) in [4.78, 5) is 54.1. The molecule has 0 aromatic heterocycles. The molecule has 1 saturated carbocycles. The summed E-state index contributed by atoms with van der Waals surface area (Å²) in [6, 6.07) is 3.83. The third-order valence-corrected chi connectivity index (χ3v) is 6.47. The van der Waals surface area contributed by atoms with Gasteiger partial charge >= 0.3 is 12.1 Å². The van der Waals surface area contributed by atoms with Gasteiger partial charge in [-0.25, -0.2) is 4.79 Å². The van der Waals surface area contributed by atoms with E-state index >= 15 is 0 Å². The van der Waals surface area contributed by atoms with Crippen LogP contribution in [0.1, 0.15) is 84.0 Å². The number of benzene rings is 1. The molecule has 0 spiro atoms. The number of hydrogen-bond donors (Lipinski definition) is 2. The second-order valence-corrected chi connectivity index (χ2v) is 11.5. The van der Waals surface area contributed by atoms with Crippen LogP contribution in [0.4, 0.5) is 4.79 Å². The Morgan fingerprint density at radius 1 is 1.13 bits per heavy atom. The molecular weight excluding hydrogens is 486 g/mol. The molecular formula is C29H45N3O6. The van der Waals surface area contributed by atoms with Gasteiger partial charge in [-0.15, -0.1) is 0 Å². The van der Waals surface area contributed by atoms with Crippen LogP contribution in [0.15, 0.2) is 18.2 Å². The molecule has 38 heavy (non-hydrogen) atoms. The third kappa shape index (κ3) is 8.74. The van der Waals surface area contributed by atoms with Crippen molar-refractivity contribution in [2.75, 3.05) is 13.2 Å². The second-order valence-electron chi connectivity index (χ2n) is 11.5. The standard InChI is InChI=1S/C29H45N3O6/c1-10-37-23(33)13-14-30-26(34)25(21-15-18(4)11-12-19(21)5)32(22-16-20(22)6)27(35)24(17(2)3)31-28(36)38-29(7,8)9/h11-12,15,17,20,22,24-25H,10,13-14,16H2,1-9H3,(H,30,34)(H,31,36). The van der Waals surface area contributed by atoms with Crippen molar-refractivity contribution in [3.05, 3.63) is 34.9 Å². The number of amides is 3. The van der Waals surface area contributed by atoms with Crippen LogP contribution in [0, 0.1) is 25.7 Å². The molecule has 0 heterocycles. The van der Waals surface area contributed by atoms with Crippen LogP contribution in [0.3, 0.4) is 0 Å². The highest BCUT2D eigenvalue weighted by Crippen LogP contribution is 2.41. The average Bonchev–Trinajstić information content (AvgIpc) is 3.51. The Bertz CT molecular complexity index is 1020. The number of nitrogens with one attached hydrogen (secondary N) is 2. The lowest BCUT2D eigenvalue weighted by atomic mass is 9.94. The van der Waals surface area contributed by atoms with Gasteiger partial charge in [0, 0.05) is 12.6 Å². The van der Waals surface area contributed by atoms with E-state index in [-0.39, 0.29) is 49.3 Å². The van der Waals surface area contributed by atoms with Gasteiger partial charge in [0.1, 0.15) is 17.7 Å². The Hall–Kier alpha value is -3.10. The highest BCUT2D eigenvalue weighted by molar-refractivity contribution is 5.93. The van der Waals surface area contributed by atoms with Gasteiger partial charge in [0.25, 0.3) is 0 Å². The van der Waals surface area contributed by atoms with Crippen LogP contribution in [0.2, 0.25) is 0 Å². The number of ether oxygens (including phenoxy) is 2. The fraction of sp³-hybridized carbons (Fsp3) is 0.655. The Labute approximate surface area is 227 Å². The van der Waals surface area contributed by atoms with E-state index in [0.29, 0.717) is 5.56 Å². The number of aryl methyl sites for hydroxylation is 2. The van der Waals surface area contributed by atoms with Gasteiger partial charge in [-0.3, -0.25) is 14.4 Å². The maximum atomic E-state index is 14.2. The zero-order valence-electron chi connectivity index (χ0n) is 24.3. The molecule has 4 unspecified atom stereocenters. The van der Waals surface area contributed by atoms with Crippen molar-refractivity contribution in [3.63, 3.8) is 0 Å². The molecule has 1 fully saturated rings. The Balaban J connectivity index is 2.46. The number of carbonyl (C=O) groups excluding carboxylic acids is 4. The summed E-state index contributed by atoms with van der Waals surface area (Å²) in [5.41, 5.74) is 1.82. The number of rotatable bonds is 11. The first-order chi connectivity index (χ1) is 17.7. The SMILES string of the molecule is CCOC(=O)CCNC(=O)C(c1cc(C)ccc1C)N(C(=O)C(NC(=O)OC(C)(C)C)C(C)C)C1CC1C. The molecule has 9 nitrogen and oxygen atoms in total. The van der Waals surface area contributed by atoms with E-state index in [9.17, 15) is 19.2 Å². The summed E-state index contributed by atoms with van der Waals surface area (Å²) >= 11 is 0. The lowest BCUT2D eigenvalue weighted by Crippen LogP contribution is -2.56. The minimum Gasteiger partial charge on any atom is -0.466 e. The fourth-order valence-corrected chi connectivity index (χ4v) is 4.37. The quantitative estimate of drug-likeness (QED) is 0.414. The Kier molecular flexibility index (Phi) is 10.7. The predicted molar refractivity (Wildman–Crippen MR) is 145 cm³/mol. The maximum Gasteiger partial charge on any atom is 0.408 e. The van der Waals surface area contributed by atoms with Crippen LogP contribution in [-0.2, 0) is 23.9 Å². The van der Waals surface area contributed by atoms with Gasteiger partial charge in [0.05, 0.1) is 13.0 Å². The van der Waals surface area contributed by atoms with E-state index in [1.54, 1.807) is 32.6 Å². The predicted octanol–water partition coefficient (Wildman–Crippen LogP) is 4.20. The normalized spacial score (nSPS) is 18.3. The largest absolute Gasteiger partial charge is 0.466 e. The summed E-state index contributed by atoms with van der Waals surface area (Å²) in [7, 11) is 0. The molecule has 0 radical (unpaired) electrons. The summed E-state index contributed by atoms with van der Waals surface area (Å²) in [5, 5.41) is 5.59. The Morgan fingerprint density at radius 3 is 2.29 bits per heavy atom. The van der Waals surface area contributed by atoms with Crippen molar-refractivity contribution in [3.8, 4) is 0 Å². The molecule has 9 heteroatoms. The minimum atomic E-state index is -0.929. The van der Waals surface area contributed by atoms with E-state index in [1.807, 2.05) is 52.8 Å². The molecule has 0 aliphatic heterocycles. The Morgan fingerprint density at radius 2 is 1.76 bits per heavy atom. The monoisotopic (exact) mass is 531 g/mol. The smallest absolute Gasteiger partial charge is 0.408 e. The molecule has 1 aliphatic rings. The molecule has 1 aliphatic carbocycles. The molecule has 2 N–H and O–H groups in total. The van der Waals surface area contributed by atoms with Crippen LogP contribution >= 0.6 is 0 Å². The number of alkyl carbamates (subject to hydrolysis) is 1. The zero-order chi connectivity index (χ0) is 28.8. The van der Waals surface area contributed by atoms with E-state index in [0.717, 1.165) is 17.5 Å². The topological polar surface area (TPSA) is 114 Å². The van der Waals surface area contributed by atoms with E-state index in [1.165, 1.54) is 0 Å². The number of nitrogens with zero attached hydrogens (tertiary/aromatic N) is 1. The molecule has 4 atom stereocenters. The summed E-state index contributed by atoms with van der Waals surface area (Å²) < 4.78 is 10.4. The van der Waals surface area contributed by atoms with Crippen molar-refractivity contribution in [2.45, 2.75) is 98.9 Å². The lowest BCUT2D eigenvalue weighted by Gasteiger charge is -2.36. The summed E-state index contributed by atoms with van der Waals surface area (Å²) in [6.07, 6.45) is 0.0952. The lowest BCUT2D eigenvalue weighted by molar-refractivity contribution is -0.145. The highest BCUT2D eigenvalue weighted by atomic mass is 16.6. The third-order valence-electron chi connectivity index (χ3n) is 6.47. The van der Waals surface area contributed by atoms with E-state index in [2.05, 4.69) is 10.6 Å². The first kappa shape index (κ1) is 31.1. The van der Waals surface area contributed by atoms with Crippen LogP contribution in [-0.4, -0.2) is 59.6 Å². The van der Waals surface area contributed by atoms with Crippen molar-refractivity contribution < 1.29 is 28.7 Å². The zero-order valence-corrected chi connectivity index (χ0v) is 24.3. The van der Waals surface area contributed by atoms with Crippen molar-refractivity contribution in [1.82, 2.24) is 15.5 Å². The average molecular weight is 532 g/mol. The number of hydrogen-bond acceptors (Lipinski definition) is 6. The van der Waals surface area contributed by atoms with Gasteiger partial charge in [-0.05, 0) is 70.9 Å². The second kappa shape index (κ2) is 13.1. The van der Waals surface area contributed by atoms with Gasteiger partial charge in [-0.1, -0.05) is 44.5 Å². The molecule has 0 saturated heterocycles. The van der Waals surface area contributed by atoms with Crippen molar-refractivity contribution in [2.24, 2.45) is 11.8 Å². The number of carbonyl (C=O) groups is 4. The van der Waals surface area contributed by atoms with Crippen molar-refractivity contribution >= 4 is 23.9 Å². The van der Waals surface area contributed by atoms with Gasteiger partial charge in [-0.2, -0.15) is 0 Å². The first-order valence-corrected chi connectivity index (χ1v) is 13.5. The van der Waals surface area contributed by atoms with Gasteiger partial charge in [0.15, 0.2) is 0 Å². The molecule has 0 bridgehead atoms. The van der Waals surface area contributed by atoms with Gasteiger partial charge < -0.3 is 25.0 Å². The minimum absolute atomic E-state index is 0.0295. The molecule has 1 aromatic carbocycles. The summed E-state index contributed by atoms with van der Waals surface area (Å²) in [5.74, 6) is -1.17. The van der Waals surface area contributed by atoms with Crippen LogP contribution in [0.25, 0.3) is 0 Å². The van der Waals surface area contributed by atoms with Gasteiger partial charge in [0.2, 0.25) is 11.8 Å². The summed E-state index contributed by atoms with van der Waals surface area (Å²) in [6.45, 7) is 16.9. The molecule has 2 rings (SSSR count). The van der Waals surface area contributed by atoms with E-state index in [4.69, 9.17) is 9.47 Å².